The Morgan fingerprint density at radius 3 is 2.71 bits per heavy atom. The smallest absolute Gasteiger partial charge is 0.251 e. The topological polar surface area (TPSA) is 98.7 Å². The number of nitrogens with one attached hydrogen (secondary N) is 2. The third kappa shape index (κ3) is 4.86. The van der Waals surface area contributed by atoms with Crippen molar-refractivity contribution in [1.82, 2.24) is 14.9 Å². The largest absolute Gasteiger partial charge is 0.391 e. The van der Waals surface area contributed by atoms with Gasteiger partial charge in [0, 0.05) is 43.7 Å². The van der Waals surface area contributed by atoms with Crippen LogP contribution in [0.2, 0.25) is 0 Å². The minimum absolute atomic E-state index is 0. The van der Waals surface area contributed by atoms with Crippen LogP contribution in [0.3, 0.4) is 0 Å². The third-order valence-electron chi connectivity index (χ3n) is 5.63. The lowest BCUT2D eigenvalue weighted by atomic mass is 10.1. The van der Waals surface area contributed by atoms with Gasteiger partial charge in [-0.25, -0.2) is 8.42 Å². The summed E-state index contributed by atoms with van der Waals surface area (Å²) in [5, 5.41) is 15.8. The molecule has 2 saturated heterocycles. The summed E-state index contributed by atoms with van der Waals surface area (Å²) in [7, 11) is -3.62. The average molecular weight is 432 g/mol. The first-order valence-electron chi connectivity index (χ1n) is 9.60. The Balaban J connectivity index is 0.00000280. The summed E-state index contributed by atoms with van der Waals surface area (Å²) in [6, 6.07) is 4.71. The maximum atomic E-state index is 13.0. The molecule has 3 N–H and O–H groups in total. The van der Waals surface area contributed by atoms with Gasteiger partial charge in [-0.15, -0.1) is 12.4 Å². The molecule has 0 aliphatic carbocycles. The van der Waals surface area contributed by atoms with Crippen molar-refractivity contribution >= 4 is 28.3 Å². The third-order valence-corrected chi connectivity index (χ3v) is 7.64. The number of hydrogen-bond donors (Lipinski definition) is 3. The molecule has 0 spiro atoms. The van der Waals surface area contributed by atoms with Crippen LogP contribution in [0, 0.1) is 12.8 Å². The fraction of sp³-hybridized carbons (Fsp3) is 0.632. The number of aliphatic hydroxyl groups excluding tert-OH is 1. The first kappa shape index (κ1) is 23.1. The van der Waals surface area contributed by atoms with Gasteiger partial charge in [-0.05, 0) is 44.4 Å². The molecule has 2 fully saturated rings. The van der Waals surface area contributed by atoms with Gasteiger partial charge in [-0.3, -0.25) is 4.79 Å². The molecule has 3 rings (SSSR count). The molecule has 3 atom stereocenters. The highest BCUT2D eigenvalue weighted by Gasteiger charge is 2.32. The highest BCUT2D eigenvalue weighted by atomic mass is 35.5. The van der Waals surface area contributed by atoms with Gasteiger partial charge in [0.25, 0.3) is 5.91 Å². The summed E-state index contributed by atoms with van der Waals surface area (Å²) >= 11 is 0. The van der Waals surface area contributed by atoms with Crippen molar-refractivity contribution in [1.29, 1.82) is 0 Å². The van der Waals surface area contributed by atoms with Gasteiger partial charge < -0.3 is 15.7 Å². The first-order chi connectivity index (χ1) is 12.8. The van der Waals surface area contributed by atoms with Crippen LogP contribution in [0.4, 0.5) is 0 Å². The van der Waals surface area contributed by atoms with Gasteiger partial charge in [-0.2, -0.15) is 4.31 Å². The number of aryl methyl sites for hydroxylation is 1. The molecule has 2 aliphatic heterocycles. The SMILES string of the molecule is Cc1ccc(S(=O)(=O)N2CCCCC2C)cc1C(=O)NCC1CNCC1O.Cl. The molecular formula is C19H30ClN3O4S. The molecule has 1 aromatic rings. The van der Waals surface area contributed by atoms with Gasteiger partial charge >= 0.3 is 0 Å². The Kier molecular flexibility index (Phi) is 7.87. The summed E-state index contributed by atoms with van der Waals surface area (Å²) in [6.45, 7) is 5.78. The van der Waals surface area contributed by atoms with Gasteiger partial charge in [0.2, 0.25) is 10.0 Å². The second-order valence-electron chi connectivity index (χ2n) is 7.63. The maximum absolute atomic E-state index is 13.0. The molecule has 0 radical (unpaired) electrons. The average Bonchev–Trinajstić information content (AvgIpc) is 3.05. The molecule has 28 heavy (non-hydrogen) atoms. The number of piperidine rings is 1. The zero-order valence-electron chi connectivity index (χ0n) is 16.3. The van der Waals surface area contributed by atoms with E-state index in [1.807, 2.05) is 6.92 Å². The van der Waals surface area contributed by atoms with E-state index < -0.39 is 16.1 Å². The standard InChI is InChI=1S/C19H29N3O4S.ClH/c1-13-6-7-16(27(25,26)22-8-4-3-5-14(22)2)9-17(13)19(24)21-11-15-10-20-12-18(15)23;/h6-7,9,14-15,18,20,23H,3-5,8,10-12H2,1-2H3,(H,21,24);1H. The highest BCUT2D eigenvalue weighted by Crippen LogP contribution is 2.26. The van der Waals surface area contributed by atoms with Crippen molar-refractivity contribution in [3.8, 4) is 0 Å². The van der Waals surface area contributed by atoms with E-state index >= 15 is 0 Å². The monoisotopic (exact) mass is 431 g/mol. The predicted octanol–water partition coefficient (Wildman–Crippen LogP) is 1.29. The molecule has 0 saturated carbocycles. The minimum Gasteiger partial charge on any atom is -0.391 e. The van der Waals surface area contributed by atoms with E-state index in [0.29, 0.717) is 31.7 Å². The lowest BCUT2D eigenvalue weighted by Gasteiger charge is -2.32. The summed E-state index contributed by atoms with van der Waals surface area (Å²) in [5.41, 5.74) is 1.09. The van der Waals surface area contributed by atoms with Crippen molar-refractivity contribution in [2.75, 3.05) is 26.2 Å². The van der Waals surface area contributed by atoms with Crippen LogP contribution in [0.1, 0.15) is 42.1 Å². The molecular weight excluding hydrogens is 402 g/mol. The molecule has 2 aliphatic rings. The number of amides is 1. The number of nitrogens with zero attached hydrogens (tertiary/aromatic N) is 1. The van der Waals surface area contributed by atoms with Crippen LogP contribution >= 0.6 is 12.4 Å². The number of hydrogen-bond acceptors (Lipinski definition) is 5. The zero-order chi connectivity index (χ0) is 19.6. The van der Waals surface area contributed by atoms with Crippen LogP contribution in [0.5, 0.6) is 0 Å². The fourth-order valence-corrected chi connectivity index (χ4v) is 5.54. The summed E-state index contributed by atoms with van der Waals surface area (Å²) in [6.07, 6.45) is 2.28. The molecule has 1 aromatic carbocycles. The predicted molar refractivity (Wildman–Crippen MR) is 110 cm³/mol. The second kappa shape index (κ2) is 9.54. The van der Waals surface area contributed by atoms with E-state index in [2.05, 4.69) is 10.6 Å². The first-order valence-corrected chi connectivity index (χ1v) is 11.0. The molecule has 3 unspecified atom stereocenters. The molecule has 1 amide bonds. The van der Waals surface area contributed by atoms with Crippen LogP contribution in [-0.4, -0.2) is 62.1 Å². The van der Waals surface area contributed by atoms with E-state index in [9.17, 15) is 18.3 Å². The van der Waals surface area contributed by atoms with Crippen molar-refractivity contribution in [2.24, 2.45) is 5.92 Å². The Morgan fingerprint density at radius 1 is 1.32 bits per heavy atom. The van der Waals surface area contributed by atoms with Crippen LogP contribution in [0.15, 0.2) is 23.1 Å². The van der Waals surface area contributed by atoms with E-state index in [4.69, 9.17) is 0 Å². The number of halogens is 1. The van der Waals surface area contributed by atoms with Gasteiger partial charge in [-0.1, -0.05) is 12.5 Å². The van der Waals surface area contributed by atoms with E-state index in [1.165, 1.54) is 6.07 Å². The number of carbonyl (C=O) groups excluding carboxylic acids is 1. The van der Waals surface area contributed by atoms with Crippen molar-refractivity contribution in [2.45, 2.75) is 50.2 Å². The van der Waals surface area contributed by atoms with Crippen molar-refractivity contribution in [3.63, 3.8) is 0 Å². The number of β-amino-alcohol motifs (C(OH)–C–C–N with tert-alkyl or cyclic N) is 1. The number of sulfonamides is 1. The number of carbonyl (C=O) groups is 1. The zero-order valence-corrected chi connectivity index (χ0v) is 18.0. The molecule has 9 heteroatoms. The molecule has 7 nitrogen and oxygen atoms in total. The van der Waals surface area contributed by atoms with E-state index in [-0.39, 0.29) is 35.2 Å². The maximum Gasteiger partial charge on any atom is 0.251 e. The highest BCUT2D eigenvalue weighted by molar-refractivity contribution is 7.89. The van der Waals surface area contributed by atoms with Crippen LogP contribution in [0.25, 0.3) is 0 Å². The quantitative estimate of drug-likeness (QED) is 0.652. The Labute approximate surface area is 173 Å². The fourth-order valence-electron chi connectivity index (χ4n) is 3.82. The summed E-state index contributed by atoms with van der Waals surface area (Å²) in [4.78, 5) is 12.8. The molecule has 0 aromatic heterocycles. The van der Waals surface area contributed by atoms with Crippen LogP contribution in [-0.2, 0) is 10.0 Å². The molecule has 2 heterocycles. The Morgan fingerprint density at radius 2 is 2.07 bits per heavy atom. The van der Waals surface area contributed by atoms with Gasteiger partial charge in [0.1, 0.15) is 0 Å². The van der Waals surface area contributed by atoms with Crippen molar-refractivity contribution < 1.29 is 18.3 Å². The number of aliphatic hydroxyl groups is 1. The molecule has 0 bridgehead atoms. The minimum atomic E-state index is -3.62. The van der Waals surface area contributed by atoms with Crippen LogP contribution < -0.4 is 10.6 Å². The second-order valence-corrected chi connectivity index (χ2v) is 9.52. The summed E-state index contributed by atoms with van der Waals surface area (Å²) < 4.78 is 27.6. The normalized spacial score (nSPS) is 25.9. The number of benzene rings is 1. The van der Waals surface area contributed by atoms with E-state index in [0.717, 1.165) is 24.8 Å². The van der Waals surface area contributed by atoms with Crippen molar-refractivity contribution in [3.05, 3.63) is 29.3 Å². The Hall–Kier alpha value is -1.19. The number of rotatable bonds is 5. The van der Waals surface area contributed by atoms with Gasteiger partial charge in [0.05, 0.1) is 11.0 Å². The Bertz CT molecular complexity index is 802. The lowest BCUT2D eigenvalue weighted by Crippen LogP contribution is -2.42. The summed E-state index contributed by atoms with van der Waals surface area (Å²) in [5.74, 6) is -0.342. The van der Waals surface area contributed by atoms with Gasteiger partial charge in [0.15, 0.2) is 0 Å². The van der Waals surface area contributed by atoms with E-state index in [1.54, 1.807) is 23.4 Å². The molecule has 158 valence electrons. The lowest BCUT2D eigenvalue weighted by molar-refractivity contribution is 0.0926.